The van der Waals surface area contributed by atoms with Crippen LogP contribution in [-0.2, 0) is 57.1 Å². The lowest BCUT2D eigenvalue weighted by molar-refractivity contribution is -0.118. The summed E-state index contributed by atoms with van der Waals surface area (Å²) in [6.07, 6.45) is -4.63. The molecule has 0 bridgehead atoms. The van der Waals surface area contributed by atoms with Crippen LogP contribution in [0, 0.1) is 12.5 Å². The third-order valence-corrected chi connectivity index (χ3v) is 9.96. The Bertz CT molecular complexity index is 2100. The standard InChI is InChI=1S/C25H29FN10O11P2S/c1-12(2)21(38)33-25-32-20-16(23(40)34-25)30-11-36(20)24-18(47-48(41)42)15(26)13(46-24)9-45-49(50,43-6-4-27-3)44-7-5-35-14(8-37)31-17-19(35)28-10-29-22(17)39/h10-13,15,18,24,37H,4-9H2,1-2H3,(H3-,28,29,32,33,34,38,39,40,41,42)/p+1/t13-,15-,18-,24-,49?/m1/s1. The van der Waals surface area contributed by atoms with E-state index in [0.29, 0.717) is 0 Å². The smallest absolute Gasteiger partial charge is 0.388 e. The van der Waals surface area contributed by atoms with Crippen LogP contribution in [-0.4, -0.2) is 99.7 Å². The highest BCUT2D eigenvalue weighted by Gasteiger charge is 2.52. The van der Waals surface area contributed by atoms with E-state index in [1.165, 1.54) is 10.9 Å². The minimum Gasteiger partial charge on any atom is -0.388 e. The number of halogens is 1. The minimum atomic E-state index is -3.75. The number of alkyl halides is 1. The monoisotopic (exact) mass is 759 g/mol. The van der Waals surface area contributed by atoms with Gasteiger partial charge in [-0.2, -0.15) is 4.98 Å². The third-order valence-electron chi connectivity index (χ3n) is 7.12. The fourth-order valence-corrected chi connectivity index (χ4v) is 6.99. The Balaban J connectivity index is 1.35. The molecule has 5 heterocycles. The van der Waals surface area contributed by atoms with E-state index >= 15 is 4.39 Å². The number of aromatic amines is 2. The Morgan fingerprint density at radius 3 is 2.68 bits per heavy atom. The number of imidazole rings is 2. The van der Waals surface area contributed by atoms with Gasteiger partial charge in [0, 0.05) is 17.0 Å². The molecule has 25 heteroatoms. The van der Waals surface area contributed by atoms with Crippen LogP contribution >= 0.6 is 15.0 Å². The zero-order valence-electron chi connectivity index (χ0n) is 26.2. The van der Waals surface area contributed by atoms with Crippen molar-refractivity contribution in [1.82, 2.24) is 39.0 Å². The van der Waals surface area contributed by atoms with Crippen molar-refractivity contribution in [1.29, 1.82) is 0 Å². The summed E-state index contributed by atoms with van der Waals surface area (Å²) in [7, 11) is -3.35. The molecular weight excluding hydrogens is 729 g/mol. The summed E-state index contributed by atoms with van der Waals surface area (Å²) in [6, 6.07) is 0. The molecule has 0 aliphatic carbocycles. The molecule has 2 unspecified atom stereocenters. The molecule has 0 spiro atoms. The van der Waals surface area contributed by atoms with Crippen LogP contribution < -0.4 is 16.4 Å². The summed E-state index contributed by atoms with van der Waals surface area (Å²) in [6.45, 7) is 4.85. The third kappa shape index (κ3) is 8.16. The quantitative estimate of drug-likeness (QED) is 0.0601. The lowest BCUT2D eigenvalue weighted by atomic mass is 10.1. The molecule has 5 rings (SSSR count). The maximum Gasteiger partial charge on any atom is 0.695 e. The fraction of sp³-hybridized carbons (Fsp3) is 0.520. The van der Waals surface area contributed by atoms with E-state index in [1.807, 2.05) is 0 Å². The summed E-state index contributed by atoms with van der Waals surface area (Å²) in [4.78, 5) is 71.0. The molecule has 0 aromatic carbocycles. The van der Waals surface area contributed by atoms with Crippen LogP contribution in [0.15, 0.2) is 22.2 Å². The van der Waals surface area contributed by atoms with E-state index in [1.54, 1.807) is 13.8 Å². The van der Waals surface area contributed by atoms with E-state index in [9.17, 15) is 28.9 Å². The van der Waals surface area contributed by atoms with Crippen LogP contribution in [0.4, 0.5) is 10.3 Å². The summed E-state index contributed by atoms with van der Waals surface area (Å²) >= 11 is 5.52. The topological polar surface area (TPSA) is 264 Å². The van der Waals surface area contributed by atoms with Gasteiger partial charge in [-0.15, -0.1) is 9.42 Å². The summed E-state index contributed by atoms with van der Waals surface area (Å²) in [5.41, 5.74) is -1.46. The van der Waals surface area contributed by atoms with Gasteiger partial charge in [-0.25, -0.2) is 25.9 Å². The predicted molar refractivity (Wildman–Crippen MR) is 173 cm³/mol. The molecule has 5 N–H and O–H groups in total. The molecule has 21 nitrogen and oxygen atoms in total. The number of hydrogen-bond donors (Lipinski definition) is 5. The van der Waals surface area contributed by atoms with E-state index in [-0.39, 0.29) is 60.4 Å². The molecule has 1 amide bonds. The molecule has 1 fully saturated rings. The Kier molecular flexibility index (Phi) is 11.9. The number of carbonyl (C=O) groups excluding carboxylic acids is 1. The first-order chi connectivity index (χ1) is 23.9. The largest absolute Gasteiger partial charge is 0.695 e. The van der Waals surface area contributed by atoms with Crippen molar-refractivity contribution in [3.63, 3.8) is 0 Å². The van der Waals surface area contributed by atoms with E-state index in [0.717, 1.165) is 10.9 Å². The Labute approximate surface area is 286 Å². The average Bonchev–Trinajstić information content (AvgIpc) is 3.74. The van der Waals surface area contributed by atoms with Crippen molar-refractivity contribution in [2.75, 3.05) is 31.7 Å². The number of hydrogen-bond acceptors (Lipinski definition) is 15. The zero-order chi connectivity index (χ0) is 36.2. The first-order valence-electron chi connectivity index (χ1n) is 14.7. The summed E-state index contributed by atoms with van der Waals surface area (Å²) in [5.74, 6) is -1.01. The predicted octanol–water partition coefficient (Wildman–Crippen LogP) is 0.804. The van der Waals surface area contributed by atoms with Crippen LogP contribution in [0.1, 0.15) is 25.9 Å². The first-order valence-corrected chi connectivity index (χ1v) is 18.3. The van der Waals surface area contributed by atoms with Gasteiger partial charge in [0.1, 0.15) is 25.1 Å². The van der Waals surface area contributed by atoms with E-state index < -0.39 is 75.7 Å². The number of amides is 1. The van der Waals surface area contributed by atoms with Gasteiger partial charge >= 0.3 is 15.0 Å². The zero-order valence-corrected chi connectivity index (χ0v) is 28.8. The number of H-pyrrole nitrogens is 2. The molecule has 1 aliphatic rings. The second kappa shape index (κ2) is 15.9. The van der Waals surface area contributed by atoms with Gasteiger partial charge in [-0.1, -0.05) is 13.8 Å². The van der Waals surface area contributed by atoms with Crippen molar-refractivity contribution < 1.29 is 46.6 Å². The number of aromatic nitrogens is 8. The number of ether oxygens (including phenoxy) is 1. The minimum absolute atomic E-state index is 0.00845. The average molecular weight is 760 g/mol. The number of anilines is 1. The van der Waals surface area contributed by atoms with Gasteiger partial charge in [0.2, 0.25) is 18.4 Å². The first kappa shape index (κ1) is 37.3. The second-order valence-electron chi connectivity index (χ2n) is 10.7. The number of nitrogens with zero attached hydrogens (tertiary/aromatic N) is 7. The van der Waals surface area contributed by atoms with Crippen molar-refractivity contribution in [2.24, 2.45) is 5.92 Å². The van der Waals surface area contributed by atoms with Crippen molar-refractivity contribution in [3.8, 4) is 0 Å². The Morgan fingerprint density at radius 2 is 1.98 bits per heavy atom. The number of aliphatic hydroxyl groups is 1. The maximum absolute atomic E-state index is 15.9. The molecular formula is C25H30FN10O11P2S+. The summed E-state index contributed by atoms with van der Waals surface area (Å²) in [5, 5.41) is 12.2. The number of carbonyl (C=O) groups is 1. The van der Waals surface area contributed by atoms with Gasteiger partial charge in [0.25, 0.3) is 11.1 Å². The normalized spacial score (nSPS) is 20.7. The van der Waals surface area contributed by atoms with Gasteiger partial charge in [-0.3, -0.25) is 29.3 Å². The highest BCUT2D eigenvalue weighted by molar-refractivity contribution is 8.07. The number of fused-ring (bicyclic) bond motifs is 2. The molecule has 0 saturated carbocycles. The second-order valence-corrected chi connectivity index (χ2v) is 14.4. The van der Waals surface area contributed by atoms with Gasteiger partial charge in [0.15, 0.2) is 40.8 Å². The van der Waals surface area contributed by atoms with Crippen LogP contribution in [0.2, 0.25) is 0 Å². The number of nitrogens with one attached hydrogen (secondary N) is 3. The van der Waals surface area contributed by atoms with Crippen LogP contribution in [0.5, 0.6) is 0 Å². The summed E-state index contributed by atoms with van der Waals surface area (Å²) < 4.78 is 58.1. The van der Waals surface area contributed by atoms with E-state index in [2.05, 4.69) is 40.1 Å². The van der Waals surface area contributed by atoms with Gasteiger partial charge in [0.05, 0.1) is 25.9 Å². The van der Waals surface area contributed by atoms with E-state index in [4.69, 9.17) is 41.2 Å². The molecule has 1 aliphatic heterocycles. The van der Waals surface area contributed by atoms with Crippen LogP contribution in [0.3, 0.4) is 0 Å². The molecule has 268 valence electrons. The highest BCUT2D eigenvalue weighted by Crippen LogP contribution is 2.51. The number of rotatable bonds is 16. The van der Waals surface area contributed by atoms with Crippen molar-refractivity contribution >= 4 is 61.0 Å². The molecule has 50 heavy (non-hydrogen) atoms. The highest BCUT2D eigenvalue weighted by atomic mass is 32.5. The Morgan fingerprint density at radius 1 is 1.22 bits per heavy atom. The molecule has 6 atom stereocenters. The molecule has 4 aromatic heterocycles. The molecule has 1 saturated heterocycles. The fourth-order valence-electron chi connectivity index (χ4n) is 4.77. The number of aliphatic hydroxyl groups excluding tert-OH is 1. The maximum atomic E-state index is 15.9. The Hall–Kier alpha value is -3.94. The molecule has 4 aromatic rings. The van der Waals surface area contributed by atoms with Crippen molar-refractivity contribution in [3.05, 3.63) is 50.6 Å². The van der Waals surface area contributed by atoms with Crippen LogP contribution in [0.25, 0.3) is 27.2 Å². The lowest BCUT2D eigenvalue weighted by Crippen LogP contribution is -2.31. The van der Waals surface area contributed by atoms with Crippen molar-refractivity contribution in [2.45, 2.75) is 51.6 Å². The molecule has 0 radical (unpaired) electrons. The SMILES string of the molecule is [C-]#[N+]CCOP(=S)(OCCn1c(CO)nc2c(=O)[nH]cnc21)OC[C@H]1O[C@@H](n2cnc3c(=O)[nH]c(NC(=O)C(C)C)nc32)[C@H](O[P+](=O)O)[C@@H]1F. The van der Waals surface area contributed by atoms with Gasteiger partial charge in [-0.05, 0) is 11.8 Å². The lowest BCUT2D eigenvalue weighted by Gasteiger charge is -2.23. The van der Waals surface area contributed by atoms with Gasteiger partial charge < -0.3 is 37.8 Å².